The molecule has 0 amide bonds. The minimum atomic E-state index is -0.885. The first-order valence-electron chi connectivity index (χ1n) is 3.47. The van der Waals surface area contributed by atoms with E-state index in [0.717, 1.165) is 0 Å². The highest BCUT2D eigenvalue weighted by molar-refractivity contribution is 6.11. The highest BCUT2D eigenvalue weighted by Gasteiger charge is 2.41. The molecule has 2 N–H and O–H groups in total. The minimum absolute atomic E-state index is 0.280. The number of rotatable bonds is 2. The molecule has 4 atom stereocenters. The third-order valence-corrected chi connectivity index (χ3v) is 1.90. The molecular weight excluding hydrogens is 149 g/mol. The van der Waals surface area contributed by atoms with E-state index in [0.29, 0.717) is 0 Å². The number of hydrogen-bond donors (Lipinski definition) is 2. The first kappa shape index (κ1) is 8.64. The van der Waals surface area contributed by atoms with E-state index in [1.807, 2.05) is 0 Å². The second-order valence-electron chi connectivity index (χ2n) is 2.65. The zero-order valence-electron chi connectivity index (χ0n) is 6.17. The Morgan fingerprint density at radius 1 is 1.64 bits per heavy atom. The van der Waals surface area contributed by atoms with E-state index in [1.54, 1.807) is 7.85 Å². The van der Waals surface area contributed by atoms with Gasteiger partial charge in [0, 0.05) is 0 Å². The van der Waals surface area contributed by atoms with Crippen molar-refractivity contribution < 1.29 is 14.9 Å². The maximum Gasteiger partial charge on any atom is 0.148 e. The Bertz CT molecular complexity index is 155. The summed E-state index contributed by atoms with van der Waals surface area (Å²) in [6.07, 6.45) is -1.53. The Balaban J connectivity index is 2.64. The molecule has 2 unspecified atom stereocenters. The number of hydrogen-bond acceptors (Lipinski definition) is 5. The van der Waals surface area contributed by atoms with Gasteiger partial charge in [-0.1, -0.05) is 5.18 Å². The lowest BCUT2D eigenvalue weighted by molar-refractivity contribution is 0.0291. The van der Waals surface area contributed by atoms with E-state index in [-0.39, 0.29) is 6.61 Å². The fourth-order valence-electron chi connectivity index (χ4n) is 1.22. The van der Waals surface area contributed by atoms with Crippen molar-refractivity contribution in [3.8, 4) is 0 Å². The van der Waals surface area contributed by atoms with Gasteiger partial charge in [0.05, 0.1) is 12.6 Å². The first-order valence-corrected chi connectivity index (χ1v) is 3.47. The molecule has 1 aliphatic rings. The molecule has 11 heavy (non-hydrogen) atoms. The van der Waals surface area contributed by atoms with Crippen LogP contribution in [0.3, 0.4) is 0 Å². The summed E-state index contributed by atoms with van der Waals surface area (Å²) < 4.78 is 5.03. The van der Waals surface area contributed by atoms with Crippen LogP contribution in [0.15, 0.2) is 5.18 Å². The van der Waals surface area contributed by atoms with Crippen LogP contribution in [-0.4, -0.2) is 48.9 Å². The summed E-state index contributed by atoms with van der Waals surface area (Å²) in [6.45, 7) is -0.280. The SMILES string of the molecule is B[C@@H]1O[C@H](CO)C(N=O)C1O. The Hall–Kier alpha value is -0.455. The van der Waals surface area contributed by atoms with Gasteiger partial charge in [0.1, 0.15) is 26.1 Å². The second kappa shape index (κ2) is 3.29. The number of ether oxygens (including phenoxy) is 1. The molecule has 1 aliphatic heterocycles. The highest BCUT2D eigenvalue weighted by Crippen LogP contribution is 2.21. The fourth-order valence-corrected chi connectivity index (χ4v) is 1.22. The average molecular weight is 159 g/mol. The quantitative estimate of drug-likeness (QED) is 0.355. The van der Waals surface area contributed by atoms with Crippen molar-refractivity contribution in [2.75, 3.05) is 6.61 Å². The Labute approximate surface area is 64.7 Å². The lowest BCUT2D eigenvalue weighted by atomic mass is 9.92. The molecular formula is C5H10BNO4. The fraction of sp³-hybridized carbons (Fsp3) is 1.00. The van der Waals surface area contributed by atoms with Gasteiger partial charge in [-0.15, -0.1) is 0 Å². The molecule has 6 heteroatoms. The molecule has 1 heterocycles. The van der Waals surface area contributed by atoms with Crippen LogP contribution in [0.25, 0.3) is 0 Å². The van der Waals surface area contributed by atoms with Gasteiger partial charge >= 0.3 is 0 Å². The lowest BCUT2D eigenvalue weighted by Crippen LogP contribution is -2.32. The van der Waals surface area contributed by atoms with Crippen LogP contribution in [-0.2, 0) is 4.74 Å². The first-order chi connectivity index (χ1) is 5.20. The third kappa shape index (κ3) is 1.42. The van der Waals surface area contributed by atoms with Gasteiger partial charge in [-0.25, -0.2) is 0 Å². The predicted molar refractivity (Wildman–Crippen MR) is 39.9 cm³/mol. The van der Waals surface area contributed by atoms with Crippen LogP contribution in [0.2, 0.25) is 0 Å². The van der Waals surface area contributed by atoms with Gasteiger partial charge in [-0.3, -0.25) is 0 Å². The molecule has 0 radical (unpaired) electrons. The monoisotopic (exact) mass is 159 g/mol. The molecule has 0 saturated carbocycles. The summed E-state index contributed by atoms with van der Waals surface area (Å²) in [7, 11) is 1.64. The van der Waals surface area contributed by atoms with Gasteiger partial charge < -0.3 is 14.9 Å². The zero-order valence-corrected chi connectivity index (χ0v) is 6.17. The summed E-state index contributed by atoms with van der Waals surface area (Å²) >= 11 is 0. The predicted octanol–water partition coefficient (Wildman–Crippen LogP) is -2.17. The molecule has 62 valence electrons. The Morgan fingerprint density at radius 2 is 2.27 bits per heavy atom. The summed E-state index contributed by atoms with van der Waals surface area (Å²) in [5.74, 6) is 0. The van der Waals surface area contributed by atoms with Gasteiger partial charge in [-0.2, -0.15) is 4.91 Å². The van der Waals surface area contributed by atoms with Crippen molar-refractivity contribution in [1.29, 1.82) is 0 Å². The second-order valence-corrected chi connectivity index (χ2v) is 2.65. The van der Waals surface area contributed by atoms with E-state index in [1.165, 1.54) is 0 Å². The summed E-state index contributed by atoms with van der Waals surface area (Å²) in [6, 6.07) is -1.25. The molecule has 1 saturated heterocycles. The lowest BCUT2D eigenvalue weighted by Gasteiger charge is -2.08. The van der Waals surface area contributed by atoms with Crippen LogP contribution in [0.1, 0.15) is 0 Å². The van der Waals surface area contributed by atoms with Crippen molar-refractivity contribution in [3.63, 3.8) is 0 Å². The number of nitroso groups, excluding NO2 is 1. The van der Waals surface area contributed by atoms with E-state index in [2.05, 4.69) is 5.18 Å². The molecule has 5 nitrogen and oxygen atoms in total. The number of nitrogens with zero attached hydrogens (tertiary/aromatic N) is 1. The number of aliphatic hydroxyl groups is 2. The van der Waals surface area contributed by atoms with E-state index in [4.69, 9.17) is 9.84 Å². The smallest absolute Gasteiger partial charge is 0.148 e. The summed E-state index contributed by atoms with van der Waals surface area (Å²) in [4.78, 5) is 10.1. The molecule has 0 aromatic heterocycles. The van der Waals surface area contributed by atoms with Crippen LogP contribution in [0, 0.1) is 4.91 Å². The highest BCUT2D eigenvalue weighted by atomic mass is 16.5. The molecule has 1 rings (SSSR count). The molecule has 0 aliphatic carbocycles. The molecule has 0 bridgehead atoms. The normalized spacial score (nSPS) is 44.2. The minimum Gasteiger partial charge on any atom is -0.394 e. The van der Waals surface area contributed by atoms with E-state index in [9.17, 15) is 10.0 Å². The third-order valence-electron chi connectivity index (χ3n) is 1.90. The maximum atomic E-state index is 10.1. The summed E-state index contributed by atoms with van der Waals surface area (Å²) in [5.41, 5.74) is 0. The average Bonchev–Trinajstić information content (AvgIpc) is 2.28. The van der Waals surface area contributed by atoms with Crippen LogP contribution in [0.5, 0.6) is 0 Å². The van der Waals surface area contributed by atoms with Crippen molar-refractivity contribution in [2.45, 2.75) is 24.3 Å². The Morgan fingerprint density at radius 3 is 2.64 bits per heavy atom. The van der Waals surface area contributed by atoms with Gasteiger partial charge in [0.2, 0.25) is 0 Å². The maximum absolute atomic E-state index is 10.1. The standard InChI is InChI=1S/C5H10BNO4/c6-5-4(9)3(7-10)2(1-8)11-5/h2-5,8-9H,1,6H2/t2-,3?,4?,5-/m1/s1. The van der Waals surface area contributed by atoms with Gasteiger partial charge in [-0.05, 0) is 0 Å². The summed E-state index contributed by atoms with van der Waals surface area (Å²) in [5, 5.41) is 20.6. The Kier molecular flexibility index (Phi) is 2.59. The van der Waals surface area contributed by atoms with Gasteiger partial charge in [0.15, 0.2) is 0 Å². The van der Waals surface area contributed by atoms with Crippen molar-refractivity contribution in [1.82, 2.24) is 0 Å². The van der Waals surface area contributed by atoms with E-state index < -0.39 is 24.3 Å². The molecule has 0 aromatic carbocycles. The van der Waals surface area contributed by atoms with Gasteiger partial charge in [0.25, 0.3) is 0 Å². The van der Waals surface area contributed by atoms with Crippen molar-refractivity contribution >= 4 is 7.85 Å². The van der Waals surface area contributed by atoms with Crippen molar-refractivity contribution in [3.05, 3.63) is 4.91 Å². The number of aliphatic hydroxyl groups excluding tert-OH is 2. The van der Waals surface area contributed by atoms with Crippen LogP contribution >= 0.6 is 0 Å². The van der Waals surface area contributed by atoms with Crippen LogP contribution < -0.4 is 0 Å². The molecule has 0 spiro atoms. The molecule has 0 aromatic rings. The topological polar surface area (TPSA) is 79.1 Å². The van der Waals surface area contributed by atoms with E-state index >= 15 is 0 Å². The largest absolute Gasteiger partial charge is 0.394 e. The molecule has 1 fully saturated rings. The van der Waals surface area contributed by atoms with Crippen LogP contribution in [0.4, 0.5) is 0 Å². The van der Waals surface area contributed by atoms with Crippen molar-refractivity contribution in [2.24, 2.45) is 5.18 Å². The zero-order chi connectivity index (χ0) is 8.43.